The highest BCUT2D eigenvalue weighted by Crippen LogP contribution is 2.31. The molecule has 1 aliphatic carbocycles. The number of hydrogen-bond donors (Lipinski definition) is 0. The van der Waals surface area contributed by atoms with Crippen LogP contribution in [-0.2, 0) is 10.0 Å². The van der Waals surface area contributed by atoms with Crippen molar-refractivity contribution in [3.05, 3.63) is 63.9 Å². The van der Waals surface area contributed by atoms with Crippen LogP contribution in [0.4, 0.5) is 0 Å². The molecule has 0 radical (unpaired) electrons. The zero-order valence-electron chi connectivity index (χ0n) is 13.2. The number of Topliss-reactive ketones (excluding diaryl/α,β-unsaturated/α-hetero) is 1. The maximum atomic E-state index is 12.8. The SMILES string of the molecule is O=C1C(SC2=NC=NC2)=CC(=NS(=O)(=O)c2cccs2)c2ccccc21. The van der Waals surface area contributed by atoms with E-state index in [2.05, 4.69) is 14.4 Å². The molecule has 130 valence electrons. The van der Waals surface area contributed by atoms with E-state index in [1.54, 1.807) is 35.7 Å². The molecule has 2 aromatic rings. The van der Waals surface area contributed by atoms with Gasteiger partial charge in [-0.3, -0.25) is 9.79 Å². The summed E-state index contributed by atoms with van der Waals surface area (Å²) in [5.41, 5.74) is 1.18. The van der Waals surface area contributed by atoms with Gasteiger partial charge in [0.15, 0.2) is 0 Å². The molecule has 0 saturated carbocycles. The van der Waals surface area contributed by atoms with E-state index < -0.39 is 10.0 Å². The number of carbonyl (C=O) groups excluding carboxylic acids is 1. The van der Waals surface area contributed by atoms with E-state index >= 15 is 0 Å². The van der Waals surface area contributed by atoms with Gasteiger partial charge in [0.1, 0.15) is 15.6 Å². The monoisotopic (exact) mass is 401 g/mol. The van der Waals surface area contributed by atoms with Crippen LogP contribution in [0.15, 0.2) is 71.4 Å². The highest BCUT2D eigenvalue weighted by atomic mass is 32.2. The Labute approximate surface area is 158 Å². The minimum Gasteiger partial charge on any atom is -0.288 e. The lowest BCUT2D eigenvalue weighted by Gasteiger charge is -2.16. The van der Waals surface area contributed by atoms with Gasteiger partial charge in [0.25, 0.3) is 10.0 Å². The number of aliphatic imine (C=N–C) groups is 2. The molecule has 6 nitrogen and oxygen atoms in total. The van der Waals surface area contributed by atoms with Crippen molar-refractivity contribution in [2.24, 2.45) is 14.4 Å². The number of ketones is 1. The van der Waals surface area contributed by atoms with Crippen LogP contribution in [0.2, 0.25) is 0 Å². The second-order valence-electron chi connectivity index (χ2n) is 5.35. The summed E-state index contributed by atoms with van der Waals surface area (Å²) in [5, 5.41) is 2.37. The Kier molecular flexibility index (Phi) is 4.43. The van der Waals surface area contributed by atoms with Crippen molar-refractivity contribution >= 4 is 56.0 Å². The molecule has 2 heterocycles. The summed E-state index contributed by atoms with van der Waals surface area (Å²) in [7, 11) is -3.84. The van der Waals surface area contributed by atoms with E-state index in [0.29, 0.717) is 27.6 Å². The Balaban J connectivity index is 1.81. The zero-order valence-corrected chi connectivity index (χ0v) is 15.6. The van der Waals surface area contributed by atoms with Gasteiger partial charge in [-0.1, -0.05) is 42.1 Å². The summed E-state index contributed by atoms with van der Waals surface area (Å²) >= 11 is 2.29. The number of hydrogen-bond acceptors (Lipinski definition) is 7. The molecule has 0 spiro atoms. The first-order valence-electron chi connectivity index (χ1n) is 7.52. The predicted octanol–water partition coefficient (Wildman–Crippen LogP) is 3.18. The molecule has 2 aliphatic rings. The van der Waals surface area contributed by atoms with Crippen LogP contribution in [0.1, 0.15) is 15.9 Å². The maximum absolute atomic E-state index is 12.8. The smallest absolute Gasteiger partial charge is 0.288 e. The summed E-state index contributed by atoms with van der Waals surface area (Å²) in [4.78, 5) is 21.2. The number of thioether (sulfide) groups is 1. The Morgan fingerprint density at radius 1 is 1.12 bits per heavy atom. The average molecular weight is 401 g/mol. The molecule has 9 heteroatoms. The summed E-state index contributed by atoms with van der Waals surface area (Å²) < 4.78 is 29.3. The number of nitrogens with zero attached hydrogens (tertiary/aromatic N) is 3. The topological polar surface area (TPSA) is 88.3 Å². The normalized spacial score (nSPS) is 18.0. The third kappa shape index (κ3) is 3.20. The molecule has 26 heavy (non-hydrogen) atoms. The van der Waals surface area contributed by atoms with Crippen molar-refractivity contribution in [2.75, 3.05) is 6.54 Å². The van der Waals surface area contributed by atoms with Crippen LogP contribution in [-0.4, -0.2) is 37.8 Å². The summed E-state index contributed by atoms with van der Waals surface area (Å²) in [5.74, 6) is -0.173. The lowest BCUT2D eigenvalue weighted by atomic mass is 9.94. The first-order chi connectivity index (χ1) is 12.5. The van der Waals surface area contributed by atoms with Crippen LogP contribution in [0.25, 0.3) is 0 Å². The van der Waals surface area contributed by atoms with Gasteiger partial charge in [0.05, 0.1) is 17.2 Å². The second-order valence-corrected chi connectivity index (χ2v) is 9.24. The van der Waals surface area contributed by atoms with Crippen LogP contribution < -0.4 is 0 Å². The van der Waals surface area contributed by atoms with E-state index in [9.17, 15) is 13.2 Å². The third-order valence-corrected chi connectivity index (χ3v) is 7.30. The fraction of sp³-hybridized carbons (Fsp3) is 0.0588. The summed E-state index contributed by atoms with van der Waals surface area (Å²) in [6, 6.07) is 10.0. The van der Waals surface area contributed by atoms with Gasteiger partial charge in [-0.2, -0.15) is 12.8 Å². The molecule has 0 saturated heterocycles. The van der Waals surface area contributed by atoms with Gasteiger partial charge < -0.3 is 0 Å². The van der Waals surface area contributed by atoms with E-state index in [1.807, 2.05) is 0 Å². The van der Waals surface area contributed by atoms with Crippen LogP contribution in [0.5, 0.6) is 0 Å². The molecular weight excluding hydrogens is 390 g/mol. The number of sulfonamides is 1. The molecule has 0 amide bonds. The van der Waals surface area contributed by atoms with Crippen molar-refractivity contribution in [3.8, 4) is 0 Å². The molecule has 1 aromatic heterocycles. The fourth-order valence-electron chi connectivity index (χ4n) is 2.49. The standard InChI is InChI=1S/C17H11N3O3S3/c21-17-12-5-2-1-4-11(12)13(8-14(17)25-15-9-18-10-19-15)20-26(22,23)16-6-3-7-24-16/h1-8,10H,9H2. The first kappa shape index (κ1) is 17.1. The molecule has 0 fully saturated rings. The largest absolute Gasteiger partial charge is 0.292 e. The van der Waals surface area contributed by atoms with E-state index in [0.717, 1.165) is 11.3 Å². The molecule has 4 rings (SSSR count). The molecule has 0 bridgehead atoms. The quantitative estimate of drug-likeness (QED) is 0.790. The Morgan fingerprint density at radius 3 is 2.62 bits per heavy atom. The highest BCUT2D eigenvalue weighted by Gasteiger charge is 2.27. The summed E-state index contributed by atoms with van der Waals surface area (Å²) in [6.07, 6.45) is 2.96. The van der Waals surface area contributed by atoms with Gasteiger partial charge >= 0.3 is 0 Å². The Morgan fingerprint density at radius 2 is 1.92 bits per heavy atom. The number of carbonyl (C=O) groups is 1. The predicted molar refractivity (Wildman–Crippen MR) is 105 cm³/mol. The van der Waals surface area contributed by atoms with Gasteiger partial charge in [-0.05, 0) is 17.5 Å². The zero-order chi connectivity index (χ0) is 18.1. The first-order valence-corrected chi connectivity index (χ1v) is 10.7. The van der Waals surface area contributed by atoms with Crippen LogP contribution in [0.3, 0.4) is 0 Å². The highest BCUT2D eigenvalue weighted by molar-refractivity contribution is 8.18. The number of thiophene rings is 1. The van der Waals surface area contributed by atoms with E-state index in [1.165, 1.54) is 30.2 Å². The maximum Gasteiger partial charge on any atom is 0.292 e. The lowest BCUT2D eigenvalue weighted by Crippen LogP contribution is -2.18. The second kappa shape index (κ2) is 6.75. The van der Waals surface area contributed by atoms with Crippen molar-refractivity contribution in [1.82, 2.24) is 0 Å². The van der Waals surface area contributed by atoms with Gasteiger partial charge in [-0.25, -0.2) is 4.99 Å². The fourth-order valence-corrected chi connectivity index (χ4v) is 5.32. The number of benzene rings is 1. The molecule has 0 unspecified atom stereocenters. The van der Waals surface area contributed by atoms with Crippen molar-refractivity contribution in [3.63, 3.8) is 0 Å². The van der Waals surface area contributed by atoms with Crippen molar-refractivity contribution in [1.29, 1.82) is 0 Å². The average Bonchev–Trinajstić information content (AvgIpc) is 3.33. The van der Waals surface area contributed by atoms with Crippen molar-refractivity contribution < 1.29 is 13.2 Å². The number of allylic oxidation sites excluding steroid dienone is 2. The third-order valence-electron chi connectivity index (χ3n) is 3.64. The number of fused-ring (bicyclic) bond motifs is 1. The van der Waals surface area contributed by atoms with Crippen molar-refractivity contribution in [2.45, 2.75) is 4.21 Å². The molecular formula is C17H11N3O3S3. The lowest BCUT2D eigenvalue weighted by molar-refractivity contribution is 0.104. The van der Waals surface area contributed by atoms with Gasteiger partial charge in [-0.15, -0.1) is 11.3 Å². The minimum absolute atomic E-state index is 0.163. The molecule has 1 aromatic carbocycles. The number of rotatable bonds is 3. The Hall–Kier alpha value is -2.36. The van der Waals surface area contributed by atoms with E-state index in [4.69, 9.17) is 0 Å². The molecule has 0 atom stereocenters. The van der Waals surface area contributed by atoms with E-state index in [-0.39, 0.29) is 15.7 Å². The van der Waals surface area contributed by atoms with Crippen LogP contribution in [0, 0.1) is 0 Å². The minimum atomic E-state index is -3.84. The van der Waals surface area contributed by atoms with Gasteiger partial charge in [0.2, 0.25) is 5.78 Å². The molecule has 1 aliphatic heterocycles. The summed E-state index contributed by atoms with van der Waals surface area (Å²) in [6.45, 7) is 0.414. The van der Waals surface area contributed by atoms with Gasteiger partial charge in [0, 0.05) is 11.1 Å². The Bertz CT molecular complexity index is 1110. The van der Waals surface area contributed by atoms with Crippen LogP contribution >= 0.6 is 23.1 Å². The molecule has 0 N–H and O–H groups in total.